The summed E-state index contributed by atoms with van der Waals surface area (Å²) in [4.78, 5) is 14.1. The Labute approximate surface area is 144 Å². The zero-order valence-corrected chi connectivity index (χ0v) is 14.6. The maximum absolute atomic E-state index is 12.1. The molecule has 0 aromatic heterocycles. The Balaban J connectivity index is 0.00000220. The third-order valence-corrected chi connectivity index (χ3v) is 3.59. The van der Waals surface area contributed by atoms with Crippen molar-refractivity contribution in [3.8, 4) is 0 Å². The molecule has 1 saturated heterocycles. The van der Waals surface area contributed by atoms with Crippen LogP contribution in [0.4, 0.5) is 5.69 Å². The fourth-order valence-electron chi connectivity index (χ4n) is 2.46. The van der Waals surface area contributed by atoms with Crippen LogP contribution in [0.25, 0.3) is 0 Å². The Kier molecular flexibility index (Phi) is 9.44. The number of anilines is 1. The van der Waals surface area contributed by atoms with Crippen molar-refractivity contribution in [1.29, 1.82) is 0 Å². The Morgan fingerprint density at radius 2 is 2.00 bits per heavy atom. The minimum absolute atomic E-state index is 0. The van der Waals surface area contributed by atoms with Crippen molar-refractivity contribution >= 4 is 36.4 Å². The summed E-state index contributed by atoms with van der Waals surface area (Å²) in [5.74, 6) is -0.0468. The molecular weight excluding hydrogens is 325 g/mol. The molecule has 2 atom stereocenters. The molecule has 2 rings (SSSR count). The lowest BCUT2D eigenvalue weighted by Gasteiger charge is -2.18. The molecule has 0 unspecified atom stereocenters. The van der Waals surface area contributed by atoms with E-state index >= 15 is 0 Å². The Hall–Kier alpha value is -1.01. The fraction of sp³-hybridized carbons (Fsp3) is 0.533. The zero-order chi connectivity index (χ0) is 14.5. The summed E-state index contributed by atoms with van der Waals surface area (Å²) in [6.45, 7) is 0.994. The third kappa shape index (κ3) is 5.32. The van der Waals surface area contributed by atoms with Crippen LogP contribution in [0.1, 0.15) is 18.4 Å². The van der Waals surface area contributed by atoms with Crippen LogP contribution in [0, 0.1) is 0 Å². The summed E-state index contributed by atoms with van der Waals surface area (Å²) in [6.07, 6.45) is 1.29. The van der Waals surface area contributed by atoms with Crippen molar-refractivity contribution in [1.82, 2.24) is 5.32 Å². The van der Waals surface area contributed by atoms with Crippen LogP contribution in [0.15, 0.2) is 24.3 Å². The summed E-state index contributed by atoms with van der Waals surface area (Å²) in [7, 11) is 3.99. The summed E-state index contributed by atoms with van der Waals surface area (Å²) in [5.41, 5.74) is 7.76. The first-order chi connectivity index (χ1) is 9.61. The Morgan fingerprint density at radius 1 is 1.32 bits per heavy atom. The highest BCUT2D eigenvalue weighted by atomic mass is 35.5. The minimum atomic E-state index is -0.352. The molecule has 1 amide bonds. The number of ether oxygens (including phenoxy) is 1. The van der Waals surface area contributed by atoms with Gasteiger partial charge in [0, 0.05) is 32.9 Å². The molecule has 0 bridgehead atoms. The van der Waals surface area contributed by atoms with Gasteiger partial charge in [0.25, 0.3) is 0 Å². The average Bonchev–Trinajstić information content (AvgIpc) is 2.94. The monoisotopic (exact) mass is 349 g/mol. The van der Waals surface area contributed by atoms with Crippen molar-refractivity contribution in [2.45, 2.75) is 31.6 Å². The number of hydrogen-bond acceptors (Lipinski definition) is 4. The predicted octanol–water partition coefficient (Wildman–Crippen LogP) is 1.72. The van der Waals surface area contributed by atoms with E-state index in [1.807, 2.05) is 43.3 Å². The van der Waals surface area contributed by atoms with Gasteiger partial charge in [-0.1, -0.05) is 18.2 Å². The number of carbonyl (C=O) groups excluding carboxylic acids is 1. The number of nitrogens with two attached hydrogens (primary N) is 1. The molecule has 5 nitrogen and oxygen atoms in total. The minimum Gasteiger partial charge on any atom is -0.377 e. The van der Waals surface area contributed by atoms with E-state index in [4.69, 9.17) is 10.5 Å². The van der Waals surface area contributed by atoms with Gasteiger partial charge in [-0.25, -0.2) is 0 Å². The van der Waals surface area contributed by atoms with Crippen molar-refractivity contribution < 1.29 is 9.53 Å². The lowest BCUT2D eigenvalue weighted by atomic mass is 10.1. The van der Waals surface area contributed by atoms with Crippen molar-refractivity contribution in [2.24, 2.45) is 5.73 Å². The van der Waals surface area contributed by atoms with Crippen molar-refractivity contribution in [3.05, 3.63) is 29.8 Å². The second-order valence-corrected chi connectivity index (χ2v) is 5.30. The second kappa shape index (κ2) is 9.90. The highest BCUT2D eigenvalue weighted by Gasteiger charge is 2.29. The van der Waals surface area contributed by atoms with E-state index in [0.29, 0.717) is 13.1 Å². The number of halogens is 2. The normalized spacial score (nSPS) is 19.8. The van der Waals surface area contributed by atoms with Gasteiger partial charge in [0.1, 0.15) is 6.10 Å². The smallest absolute Gasteiger partial charge is 0.249 e. The van der Waals surface area contributed by atoms with E-state index < -0.39 is 0 Å². The third-order valence-electron chi connectivity index (χ3n) is 3.59. The van der Waals surface area contributed by atoms with Crippen LogP contribution in [0.2, 0.25) is 0 Å². The van der Waals surface area contributed by atoms with Gasteiger partial charge < -0.3 is 20.7 Å². The number of carbonyl (C=O) groups is 1. The van der Waals surface area contributed by atoms with Gasteiger partial charge in [-0.15, -0.1) is 24.8 Å². The predicted molar refractivity (Wildman–Crippen MR) is 94.1 cm³/mol. The summed E-state index contributed by atoms with van der Waals surface area (Å²) in [6, 6.07) is 8.03. The molecule has 0 aliphatic carbocycles. The molecule has 22 heavy (non-hydrogen) atoms. The van der Waals surface area contributed by atoms with Crippen molar-refractivity contribution in [3.63, 3.8) is 0 Å². The quantitative estimate of drug-likeness (QED) is 0.849. The fourth-order valence-corrected chi connectivity index (χ4v) is 2.46. The molecule has 1 aromatic carbocycles. The molecule has 3 N–H and O–H groups in total. The number of nitrogens with zero attached hydrogens (tertiary/aromatic N) is 1. The van der Waals surface area contributed by atoms with Crippen molar-refractivity contribution in [2.75, 3.05) is 25.5 Å². The maximum atomic E-state index is 12.1. The number of hydrogen-bond donors (Lipinski definition) is 2. The van der Waals surface area contributed by atoms with E-state index in [1.165, 1.54) is 0 Å². The highest BCUT2D eigenvalue weighted by molar-refractivity contribution is 5.85. The Bertz CT molecular complexity index is 472. The Morgan fingerprint density at radius 3 is 2.59 bits per heavy atom. The average molecular weight is 350 g/mol. The van der Waals surface area contributed by atoms with Gasteiger partial charge in [-0.05, 0) is 24.5 Å². The van der Waals surface area contributed by atoms with Crippen LogP contribution in [0.3, 0.4) is 0 Å². The van der Waals surface area contributed by atoms with Gasteiger partial charge >= 0.3 is 0 Å². The molecule has 1 aliphatic heterocycles. The van der Waals surface area contributed by atoms with Crippen LogP contribution in [-0.2, 0) is 16.1 Å². The summed E-state index contributed by atoms with van der Waals surface area (Å²) < 4.78 is 5.59. The SMILES string of the molecule is CN(C)c1ccccc1CNC(=O)[C@@H]1CC[C@H](CN)O1.Cl.Cl. The zero-order valence-electron chi connectivity index (χ0n) is 13.0. The largest absolute Gasteiger partial charge is 0.377 e. The molecule has 0 saturated carbocycles. The number of para-hydroxylation sites is 1. The first-order valence-electron chi connectivity index (χ1n) is 7.00. The lowest BCUT2D eigenvalue weighted by molar-refractivity contribution is -0.132. The van der Waals surface area contributed by atoms with E-state index in [-0.39, 0.29) is 42.9 Å². The van der Waals surface area contributed by atoms with Gasteiger partial charge in [0.15, 0.2) is 0 Å². The molecule has 126 valence electrons. The first-order valence-corrected chi connectivity index (χ1v) is 7.00. The molecule has 7 heteroatoms. The lowest BCUT2D eigenvalue weighted by Crippen LogP contribution is -2.35. The number of benzene rings is 1. The second-order valence-electron chi connectivity index (χ2n) is 5.30. The number of rotatable bonds is 5. The molecular formula is C15H25Cl2N3O2. The van der Waals surface area contributed by atoms with Crippen LogP contribution >= 0.6 is 24.8 Å². The van der Waals surface area contributed by atoms with E-state index in [0.717, 1.165) is 24.1 Å². The standard InChI is InChI=1S/C15H23N3O2.2ClH/c1-18(2)13-6-4-3-5-11(13)10-17-15(19)14-8-7-12(9-16)20-14;;/h3-6,12,14H,7-10,16H2,1-2H3,(H,17,19);2*1H/t12-,14+;;/m1../s1. The van der Waals surface area contributed by atoms with Gasteiger partial charge in [-0.3, -0.25) is 4.79 Å². The molecule has 1 fully saturated rings. The van der Waals surface area contributed by atoms with Crippen LogP contribution < -0.4 is 16.0 Å². The molecule has 1 aromatic rings. The first kappa shape index (κ1) is 21.0. The van der Waals surface area contributed by atoms with E-state index in [9.17, 15) is 4.79 Å². The van der Waals surface area contributed by atoms with Crippen LogP contribution in [0.5, 0.6) is 0 Å². The van der Waals surface area contributed by atoms with E-state index in [2.05, 4.69) is 5.32 Å². The van der Waals surface area contributed by atoms with Crippen LogP contribution in [-0.4, -0.2) is 38.8 Å². The van der Waals surface area contributed by atoms with Gasteiger partial charge in [0.2, 0.25) is 5.91 Å². The molecule has 0 spiro atoms. The highest BCUT2D eigenvalue weighted by Crippen LogP contribution is 2.20. The number of amides is 1. The maximum Gasteiger partial charge on any atom is 0.249 e. The van der Waals surface area contributed by atoms with E-state index in [1.54, 1.807) is 0 Å². The molecule has 1 aliphatic rings. The molecule has 1 heterocycles. The number of nitrogens with one attached hydrogen (secondary N) is 1. The topological polar surface area (TPSA) is 67.6 Å². The van der Waals surface area contributed by atoms with Gasteiger partial charge in [0.05, 0.1) is 6.10 Å². The summed E-state index contributed by atoms with van der Waals surface area (Å²) >= 11 is 0. The summed E-state index contributed by atoms with van der Waals surface area (Å²) in [5, 5.41) is 2.95. The molecule has 0 radical (unpaired) electrons. The van der Waals surface area contributed by atoms with Gasteiger partial charge in [-0.2, -0.15) is 0 Å².